The number of aromatic nitrogens is 2. The van der Waals surface area contributed by atoms with Gasteiger partial charge in [0.2, 0.25) is 5.88 Å². The van der Waals surface area contributed by atoms with Gasteiger partial charge in [0, 0.05) is 24.7 Å². The lowest BCUT2D eigenvalue weighted by Gasteiger charge is -2.39. The number of thiazole rings is 1. The Morgan fingerprint density at radius 1 is 1.60 bits per heavy atom. The van der Waals surface area contributed by atoms with Crippen LogP contribution in [0, 0.1) is 6.92 Å². The summed E-state index contributed by atoms with van der Waals surface area (Å²) in [6.45, 7) is 5.92. The summed E-state index contributed by atoms with van der Waals surface area (Å²) in [6.07, 6.45) is 2.00. The molecular weight excluding hydrogens is 210 g/mol. The van der Waals surface area contributed by atoms with Crippen LogP contribution in [0.25, 0.3) is 4.96 Å². The van der Waals surface area contributed by atoms with E-state index in [-0.39, 0.29) is 5.60 Å². The summed E-state index contributed by atoms with van der Waals surface area (Å²) in [5.74, 6) is 0.884. The highest BCUT2D eigenvalue weighted by Crippen LogP contribution is 2.28. The minimum Gasteiger partial charge on any atom is -0.468 e. The number of nitrogens with one attached hydrogen (secondary N) is 1. The zero-order chi connectivity index (χ0) is 10.5. The van der Waals surface area contributed by atoms with E-state index in [4.69, 9.17) is 4.74 Å². The number of hydrogen-bond acceptors (Lipinski definition) is 4. The highest BCUT2D eigenvalue weighted by molar-refractivity contribution is 7.15. The zero-order valence-corrected chi connectivity index (χ0v) is 9.60. The van der Waals surface area contributed by atoms with Crippen LogP contribution in [0.2, 0.25) is 0 Å². The maximum atomic E-state index is 6.02. The van der Waals surface area contributed by atoms with Gasteiger partial charge in [0.1, 0.15) is 11.3 Å². The predicted octanol–water partition coefficient (Wildman–Crippen LogP) is 1.44. The average Bonchev–Trinajstić information content (AvgIpc) is 2.67. The van der Waals surface area contributed by atoms with Gasteiger partial charge in [-0.15, -0.1) is 11.3 Å². The molecule has 0 aromatic carbocycles. The third-order valence-corrected chi connectivity index (χ3v) is 3.48. The van der Waals surface area contributed by atoms with E-state index < -0.39 is 0 Å². The molecule has 0 bridgehead atoms. The van der Waals surface area contributed by atoms with Gasteiger partial charge >= 0.3 is 0 Å². The zero-order valence-electron chi connectivity index (χ0n) is 8.78. The maximum Gasteiger partial charge on any atom is 0.222 e. The molecule has 0 saturated carbocycles. The van der Waals surface area contributed by atoms with Crippen LogP contribution in [0.1, 0.15) is 12.6 Å². The molecule has 3 heterocycles. The maximum absolute atomic E-state index is 6.02. The molecule has 0 amide bonds. The summed E-state index contributed by atoms with van der Waals surface area (Å²) >= 11 is 1.63. The molecule has 1 saturated heterocycles. The smallest absolute Gasteiger partial charge is 0.222 e. The number of rotatable bonds is 2. The van der Waals surface area contributed by atoms with Crippen LogP contribution < -0.4 is 10.1 Å². The first-order valence-corrected chi connectivity index (χ1v) is 5.88. The third-order valence-electron chi connectivity index (χ3n) is 2.72. The van der Waals surface area contributed by atoms with Crippen LogP contribution in [0.4, 0.5) is 0 Å². The fourth-order valence-electron chi connectivity index (χ4n) is 1.78. The fraction of sp³-hybridized carbons (Fsp3) is 0.500. The van der Waals surface area contributed by atoms with E-state index in [1.54, 1.807) is 11.3 Å². The van der Waals surface area contributed by atoms with Crippen LogP contribution in [0.15, 0.2) is 11.6 Å². The molecular formula is C10H13N3OS. The SMILES string of the molecule is Cc1nc2sccn2c1OC1(C)CNC1. The van der Waals surface area contributed by atoms with Crippen molar-refractivity contribution in [2.24, 2.45) is 0 Å². The molecule has 2 aromatic heterocycles. The summed E-state index contributed by atoms with van der Waals surface area (Å²) in [4.78, 5) is 5.45. The van der Waals surface area contributed by atoms with E-state index in [9.17, 15) is 0 Å². The van der Waals surface area contributed by atoms with Crippen molar-refractivity contribution in [3.8, 4) is 5.88 Å². The second kappa shape index (κ2) is 2.96. The number of hydrogen-bond donors (Lipinski definition) is 1. The van der Waals surface area contributed by atoms with Gasteiger partial charge in [0.25, 0.3) is 0 Å². The molecule has 0 aliphatic carbocycles. The average molecular weight is 223 g/mol. The minimum absolute atomic E-state index is 0.0668. The molecule has 1 fully saturated rings. The Morgan fingerprint density at radius 2 is 2.40 bits per heavy atom. The summed E-state index contributed by atoms with van der Waals surface area (Å²) < 4.78 is 8.04. The van der Waals surface area contributed by atoms with Gasteiger partial charge in [0.15, 0.2) is 4.96 Å². The number of imidazole rings is 1. The Labute approximate surface area is 91.9 Å². The lowest BCUT2D eigenvalue weighted by Crippen LogP contribution is -2.61. The molecule has 1 N–H and O–H groups in total. The van der Waals surface area contributed by atoms with Crippen LogP contribution >= 0.6 is 11.3 Å². The van der Waals surface area contributed by atoms with Gasteiger partial charge in [-0.2, -0.15) is 0 Å². The summed E-state index contributed by atoms with van der Waals surface area (Å²) in [5, 5.41) is 5.25. The lowest BCUT2D eigenvalue weighted by molar-refractivity contribution is 0.0290. The van der Waals surface area contributed by atoms with Crippen molar-refractivity contribution >= 4 is 16.3 Å². The molecule has 3 rings (SSSR count). The van der Waals surface area contributed by atoms with E-state index in [1.807, 2.05) is 22.9 Å². The second-order valence-electron chi connectivity index (χ2n) is 4.21. The molecule has 1 aliphatic rings. The third kappa shape index (κ3) is 1.34. The fourth-order valence-corrected chi connectivity index (χ4v) is 2.53. The van der Waals surface area contributed by atoms with Crippen molar-refractivity contribution in [2.45, 2.75) is 19.4 Å². The van der Waals surface area contributed by atoms with Crippen molar-refractivity contribution in [3.63, 3.8) is 0 Å². The van der Waals surface area contributed by atoms with E-state index >= 15 is 0 Å². The molecule has 5 heteroatoms. The molecule has 0 radical (unpaired) electrons. The van der Waals surface area contributed by atoms with Gasteiger partial charge < -0.3 is 10.1 Å². The normalized spacial score (nSPS) is 19.1. The molecule has 4 nitrogen and oxygen atoms in total. The van der Waals surface area contributed by atoms with Gasteiger partial charge in [-0.05, 0) is 13.8 Å². The first-order chi connectivity index (χ1) is 7.18. The molecule has 15 heavy (non-hydrogen) atoms. The highest BCUT2D eigenvalue weighted by atomic mass is 32.1. The van der Waals surface area contributed by atoms with Crippen LogP contribution in [0.5, 0.6) is 5.88 Å². The Morgan fingerprint density at radius 3 is 3.07 bits per heavy atom. The molecule has 80 valence electrons. The van der Waals surface area contributed by atoms with Crippen LogP contribution in [-0.2, 0) is 0 Å². The molecule has 1 aliphatic heterocycles. The Bertz CT molecular complexity index is 498. The molecule has 2 aromatic rings. The summed E-state index contributed by atoms with van der Waals surface area (Å²) in [7, 11) is 0. The standard InChI is InChI=1S/C10H13N3OS/c1-7-8(14-10(2)5-11-6-10)13-3-4-15-9(13)12-7/h3-4,11H,5-6H2,1-2H3. The molecule has 0 unspecified atom stereocenters. The largest absolute Gasteiger partial charge is 0.468 e. The van der Waals surface area contributed by atoms with Gasteiger partial charge in [0.05, 0.1) is 0 Å². The van der Waals surface area contributed by atoms with Crippen molar-refractivity contribution in [2.75, 3.05) is 13.1 Å². The topological polar surface area (TPSA) is 38.6 Å². The van der Waals surface area contributed by atoms with E-state index in [0.29, 0.717) is 0 Å². The molecule has 0 spiro atoms. The van der Waals surface area contributed by atoms with E-state index in [0.717, 1.165) is 29.6 Å². The lowest BCUT2D eigenvalue weighted by atomic mass is 10.0. The Hall–Kier alpha value is -1.07. The van der Waals surface area contributed by atoms with Crippen molar-refractivity contribution in [1.29, 1.82) is 0 Å². The van der Waals surface area contributed by atoms with Crippen LogP contribution in [0.3, 0.4) is 0 Å². The monoisotopic (exact) mass is 223 g/mol. The van der Waals surface area contributed by atoms with Gasteiger partial charge in [-0.1, -0.05) is 0 Å². The molecule has 0 atom stereocenters. The first kappa shape index (κ1) is 9.18. The summed E-state index contributed by atoms with van der Waals surface area (Å²) in [6, 6.07) is 0. The number of ether oxygens (including phenoxy) is 1. The number of fused-ring (bicyclic) bond motifs is 1. The Kier molecular flexibility index (Phi) is 1.81. The number of aryl methyl sites for hydroxylation is 1. The van der Waals surface area contributed by atoms with Crippen molar-refractivity contribution in [1.82, 2.24) is 14.7 Å². The van der Waals surface area contributed by atoms with Crippen molar-refractivity contribution in [3.05, 3.63) is 17.3 Å². The van der Waals surface area contributed by atoms with Gasteiger partial charge in [-0.25, -0.2) is 4.98 Å². The quantitative estimate of drug-likeness (QED) is 0.837. The van der Waals surface area contributed by atoms with E-state index in [1.165, 1.54) is 0 Å². The number of nitrogens with zero attached hydrogens (tertiary/aromatic N) is 2. The predicted molar refractivity (Wildman–Crippen MR) is 59.7 cm³/mol. The second-order valence-corrected chi connectivity index (χ2v) is 5.09. The van der Waals surface area contributed by atoms with Crippen molar-refractivity contribution < 1.29 is 4.74 Å². The van der Waals surface area contributed by atoms with Gasteiger partial charge in [-0.3, -0.25) is 4.40 Å². The van der Waals surface area contributed by atoms with E-state index in [2.05, 4.69) is 17.2 Å². The Balaban J connectivity index is 2.01. The first-order valence-electron chi connectivity index (χ1n) is 5.00. The highest BCUT2D eigenvalue weighted by Gasteiger charge is 2.35. The minimum atomic E-state index is -0.0668. The summed E-state index contributed by atoms with van der Waals surface area (Å²) in [5.41, 5.74) is 0.901. The van der Waals surface area contributed by atoms with Crippen LogP contribution in [-0.4, -0.2) is 28.1 Å².